The molecule has 0 bridgehead atoms. The van der Waals surface area contributed by atoms with Gasteiger partial charge in [0.25, 0.3) is 0 Å². The first-order valence-corrected chi connectivity index (χ1v) is 8.00. The summed E-state index contributed by atoms with van der Waals surface area (Å²) in [6.07, 6.45) is 4.36. The molecule has 2 N–H and O–H groups in total. The summed E-state index contributed by atoms with van der Waals surface area (Å²) in [5, 5.41) is 5.99. The van der Waals surface area contributed by atoms with Gasteiger partial charge in [0.15, 0.2) is 0 Å². The highest BCUT2D eigenvalue weighted by Gasteiger charge is 2.20. The fraction of sp³-hybridized carbons (Fsp3) is 0.600. The first kappa shape index (κ1) is 12.2. The summed E-state index contributed by atoms with van der Waals surface area (Å²) in [5.41, 5.74) is 5.50. The summed E-state index contributed by atoms with van der Waals surface area (Å²) >= 11 is 1.97. The Balaban J connectivity index is 2.46. The van der Waals surface area contributed by atoms with Gasteiger partial charge >= 0.3 is 0 Å². The summed E-state index contributed by atoms with van der Waals surface area (Å²) in [6, 6.07) is 0. The zero-order valence-electron chi connectivity index (χ0n) is 8.98. The second-order valence-corrected chi connectivity index (χ2v) is 8.26. The monoisotopic (exact) mass is 232 g/mol. The third kappa shape index (κ3) is 3.69. The average molecular weight is 232 g/mol. The van der Waals surface area contributed by atoms with Crippen molar-refractivity contribution in [2.24, 2.45) is 5.73 Å². The molecule has 0 radical (unpaired) electrons. The van der Waals surface area contributed by atoms with Crippen LogP contribution in [0, 0.1) is 0 Å². The number of thioether (sulfide) groups is 1. The minimum absolute atomic E-state index is 0.660. The van der Waals surface area contributed by atoms with Crippen molar-refractivity contribution in [2.75, 3.05) is 37.4 Å². The smallest absolute Gasteiger partial charge is 0.0356 e. The van der Waals surface area contributed by atoms with Gasteiger partial charge in [-0.25, -0.2) is 0 Å². The molecule has 1 heterocycles. The number of hydrogen-bond acceptors (Lipinski definition) is 3. The van der Waals surface area contributed by atoms with Gasteiger partial charge in [0, 0.05) is 23.3 Å². The molecule has 1 aliphatic heterocycles. The van der Waals surface area contributed by atoms with Crippen molar-refractivity contribution in [2.45, 2.75) is 0 Å². The molecule has 0 aromatic carbocycles. The van der Waals surface area contributed by atoms with E-state index >= 15 is 0 Å². The lowest BCUT2D eigenvalue weighted by atomic mass is 10.6. The summed E-state index contributed by atoms with van der Waals surface area (Å²) in [4.78, 5) is 2.28. The van der Waals surface area contributed by atoms with Crippen molar-refractivity contribution in [3.8, 4) is 0 Å². The highest BCUT2D eigenvalue weighted by Crippen LogP contribution is 2.55. The van der Waals surface area contributed by atoms with Gasteiger partial charge in [-0.15, -0.1) is 0 Å². The fourth-order valence-electron chi connectivity index (χ4n) is 1.43. The Hall–Kier alpha value is 0.1000. The Morgan fingerprint density at radius 2 is 1.93 bits per heavy atom. The van der Waals surface area contributed by atoms with Gasteiger partial charge in [-0.1, -0.05) is 12.2 Å². The van der Waals surface area contributed by atoms with E-state index in [4.69, 9.17) is 5.73 Å². The van der Waals surface area contributed by atoms with E-state index in [-0.39, 0.29) is 0 Å². The van der Waals surface area contributed by atoms with E-state index < -0.39 is 10.0 Å². The molecule has 82 valence electrons. The van der Waals surface area contributed by atoms with Gasteiger partial charge < -0.3 is 10.6 Å². The molecule has 0 saturated heterocycles. The van der Waals surface area contributed by atoms with E-state index in [9.17, 15) is 0 Å². The highest BCUT2D eigenvalue weighted by atomic mass is 32.3. The van der Waals surface area contributed by atoms with Crippen LogP contribution in [-0.2, 0) is 0 Å². The van der Waals surface area contributed by atoms with Crippen LogP contribution >= 0.6 is 21.8 Å². The van der Waals surface area contributed by atoms with Crippen molar-refractivity contribution in [1.82, 2.24) is 4.90 Å². The maximum Gasteiger partial charge on any atom is 0.0356 e. The van der Waals surface area contributed by atoms with Crippen LogP contribution in [-0.4, -0.2) is 42.3 Å². The third-order valence-electron chi connectivity index (χ3n) is 1.87. The van der Waals surface area contributed by atoms with Crippen molar-refractivity contribution in [1.29, 1.82) is 0 Å². The van der Waals surface area contributed by atoms with E-state index in [1.54, 1.807) is 0 Å². The Kier molecular flexibility index (Phi) is 5.09. The molecule has 0 aromatic rings. The van der Waals surface area contributed by atoms with Crippen molar-refractivity contribution >= 4 is 21.8 Å². The minimum Gasteiger partial charge on any atom is -0.330 e. The third-order valence-corrected chi connectivity index (χ3v) is 7.22. The Morgan fingerprint density at radius 3 is 2.43 bits per heavy atom. The summed E-state index contributed by atoms with van der Waals surface area (Å²) in [7, 11) is 3.62. The Morgan fingerprint density at radius 1 is 1.29 bits per heavy atom. The Labute approximate surface area is 92.9 Å². The summed E-state index contributed by atoms with van der Waals surface area (Å²) < 4.78 is 0. The predicted molar refractivity (Wildman–Crippen MR) is 70.8 cm³/mol. The molecule has 0 fully saturated rings. The van der Waals surface area contributed by atoms with Crippen LogP contribution in [0.3, 0.4) is 0 Å². The molecule has 2 nitrogen and oxygen atoms in total. The Bertz CT molecular complexity index is 212. The lowest BCUT2D eigenvalue weighted by Gasteiger charge is -2.34. The number of nitrogens with two attached hydrogens (primary N) is 1. The van der Waals surface area contributed by atoms with E-state index in [2.05, 4.69) is 42.0 Å². The molecule has 1 rings (SSSR count). The highest BCUT2D eigenvalue weighted by molar-refractivity contribution is 8.43. The standard InChI is InChI=1S/C10H20N2S2/c1-12(2)9-14(7-3-4-8-14)10-13-6-5-11/h3-4,7-8H,5-6,9-11H2,1-2H3. The molecule has 0 spiro atoms. The zero-order chi connectivity index (χ0) is 10.4. The average Bonchev–Trinajstić information content (AvgIpc) is 2.53. The normalized spacial score (nSPS) is 20.6. The van der Waals surface area contributed by atoms with Crippen LogP contribution < -0.4 is 5.73 Å². The van der Waals surface area contributed by atoms with Crippen LogP contribution in [0.2, 0.25) is 0 Å². The van der Waals surface area contributed by atoms with Gasteiger partial charge in [-0.3, -0.25) is 0 Å². The lowest BCUT2D eigenvalue weighted by Crippen LogP contribution is -2.18. The first-order valence-electron chi connectivity index (χ1n) is 4.75. The number of rotatable bonds is 6. The van der Waals surface area contributed by atoms with Gasteiger partial charge in [-0.05, 0) is 24.9 Å². The molecule has 14 heavy (non-hydrogen) atoms. The fourth-order valence-corrected chi connectivity index (χ4v) is 6.27. The second kappa shape index (κ2) is 5.85. The molecule has 1 aliphatic rings. The van der Waals surface area contributed by atoms with E-state index in [1.165, 1.54) is 5.08 Å². The molecule has 0 aromatic heterocycles. The predicted octanol–water partition coefficient (Wildman–Crippen LogP) is 2.00. The molecule has 0 aliphatic carbocycles. The molecule has 0 amide bonds. The number of nitrogens with zero attached hydrogens (tertiary/aromatic N) is 1. The van der Waals surface area contributed by atoms with Gasteiger partial charge in [-0.2, -0.15) is 21.8 Å². The lowest BCUT2D eigenvalue weighted by molar-refractivity contribution is 0.483. The van der Waals surface area contributed by atoms with E-state index in [0.29, 0.717) is 0 Å². The molecule has 4 heteroatoms. The molecular formula is C10H20N2S2. The summed E-state index contributed by atoms with van der Waals surface area (Å²) in [6.45, 7) is 0.787. The summed E-state index contributed by atoms with van der Waals surface area (Å²) in [5.74, 6) is 2.24. The van der Waals surface area contributed by atoms with Crippen LogP contribution in [0.5, 0.6) is 0 Å². The van der Waals surface area contributed by atoms with Crippen molar-refractivity contribution in [3.63, 3.8) is 0 Å². The van der Waals surface area contributed by atoms with E-state index in [1.807, 2.05) is 11.8 Å². The first-order chi connectivity index (χ1) is 6.68. The zero-order valence-corrected chi connectivity index (χ0v) is 10.6. The van der Waals surface area contributed by atoms with Gasteiger partial charge in [0.1, 0.15) is 0 Å². The minimum atomic E-state index is -0.660. The van der Waals surface area contributed by atoms with Crippen LogP contribution in [0.1, 0.15) is 0 Å². The van der Waals surface area contributed by atoms with Crippen LogP contribution in [0.25, 0.3) is 0 Å². The number of hydrogen-bond donors (Lipinski definition) is 1. The topological polar surface area (TPSA) is 29.3 Å². The number of allylic oxidation sites excluding steroid dienone is 2. The van der Waals surface area contributed by atoms with Crippen LogP contribution in [0.4, 0.5) is 0 Å². The van der Waals surface area contributed by atoms with Gasteiger partial charge in [0.05, 0.1) is 0 Å². The van der Waals surface area contributed by atoms with Crippen molar-refractivity contribution < 1.29 is 0 Å². The SMILES string of the molecule is CN(C)CS1(CSCCN)C=CC=C1. The van der Waals surface area contributed by atoms with E-state index in [0.717, 1.165) is 18.2 Å². The largest absolute Gasteiger partial charge is 0.330 e. The molecular weight excluding hydrogens is 212 g/mol. The molecule has 0 saturated carbocycles. The second-order valence-electron chi connectivity index (χ2n) is 3.69. The maximum atomic E-state index is 5.50. The molecule has 0 unspecified atom stereocenters. The quantitative estimate of drug-likeness (QED) is 0.710. The molecule has 0 atom stereocenters. The maximum absolute atomic E-state index is 5.50. The van der Waals surface area contributed by atoms with Crippen molar-refractivity contribution in [3.05, 3.63) is 23.0 Å². The van der Waals surface area contributed by atoms with Gasteiger partial charge in [0.2, 0.25) is 0 Å². The van der Waals surface area contributed by atoms with Crippen LogP contribution in [0.15, 0.2) is 23.0 Å².